The zero-order valence-electron chi connectivity index (χ0n) is 17.6. The van der Waals surface area contributed by atoms with E-state index in [1.54, 1.807) is 0 Å². The second-order valence-corrected chi connectivity index (χ2v) is 9.30. The third kappa shape index (κ3) is 5.59. The summed E-state index contributed by atoms with van der Waals surface area (Å²) >= 11 is 0. The Balaban J connectivity index is 1.13. The molecule has 0 spiro atoms. The number of rotatable bonds is 8. The van der Waals surface area contributed by atoms with Gasteiger partial charge in [0.2, 0.25) is 11.8 Å². The maximum Gasteiger partial charge on any atom is 0.222 e. The van der Waals surface area contributed by atoms with E-state index in [4.69, 9.17) is 0 Å². The van der Waals surface area contributed by atoms with Crippen LogP contribution in [0.4, 0.5) is 0 Å². The van der Waals surface area contributed by atoms with Gasteiger partial charge in [0, 0.05) is 44.4 Å². The van der Waals surface area contributed by atoms with Crippen LogP contribution in [0.1, 0.15) is 62.5 Å². The lowest BCUT2D eigenvalue weighted by atomic mass is 9.99. The van der Waals surface area contributed by atoms with Gasteiger partial charge in [0.05, 0.1) is 0 Å². The molecule has 2 fully saturated rings. The van der Waals surface area contributed by atoms with Crippen LogP contribution in [0.3, 0.4) is 0 Å². The van der Waals surface area contributed by atoms with Gasteiger partial charge >= 0.3 is 0 Å². The average molecular weight is 398 g/mol. The Morgan fingerprint density at radius 3 is 2.48 bits per heavy atom. The zero-order valence-corrected chi connectivity index (χ0v) is 17.6. The standard InChI is InChI=1S/C24H35N3O2/c28-22(25-18-24(12-13-24)19-26-14-4-1-5-15-26)9-6-10-23(29)27-16-11-20-7-2-3-8-21(20)17-27/h2-3,7-8H,1,4-6,9-19H2,(H,25,28). The highest BCUT2D eigenvalue weighted by molar-refractivity contribution is 5.79. The van der Waals surface area contributed by atoms with Crippen molar-refractivity contribution in [3.05, 3.63) is 35.4 Å². The zero-order chi connectivity index (χ0) is 20.1. The monoisotopic (exact) mass is 397 g/mol. The van der Waals surface area contributed by atoms with Crippen LogP contribution in [0.5, 0.6) is 0 Å². The molecule has 1 aromatic rings. The number of piperidine rings is 1. The molecule has 0 bridgehead atoms. The number of nitrogens with zero attached hydrogens (tertiary/aromatic N) is 2. The minimum atomic E-state index is 0.103. The van der Waals surface area contributed by atoms with Crippen LogP contribution in [0.2, 0.25) is 0 Å². The molecule has 0 radical (unpaired) electrons. The van der Waals surface area contributed by atoms with E-state index in [1.807, 2.05) is 11.0 Å². The lowest BCUT2D eigenvalue weighted by molar-refractivity contribution is -0.132. The molecule has 1 aromatic carbocycles. The van der Waals surface area contributed by atoms with Crippen LogP contribution in [-0.4, -0.2) is 54.3 Å². The quantitative estimate of drug-likeness (QED) is 0.733. The summed E-state index contributed by atoms with van der Waals surface area (Å²) in [5.41, 5.74) is 2.94. The average Bonchev–Trinajstić information content (AvgIpc) is 3.52. The Hall–Kier alpha value is -1.88. The van der Waals surface area contributed by atoms with Gasteiger partial charge in [-0.25, -0.2) is 0 Å². The molecule has 2 aliphatic heterocycles. The number of hydrogen-bond donors (Lipinski definition) is 1. The second-order valence-electron chi connectivity index (χ2n) is 9.30. The third-order valence-corrected chi connectivity index (χ3v) is 6.90. The van der Waals surface area contributed by atoms with Gasteiger partial charge in [0.1, 0.15) is 0 Å². The van der Waals surface area contributed by atoms with Crippen molar-refractivity contribution >= 4 is 11.8 Å². The minimum absolute atomic E-state index is 0.103. The fourth-order valence-corrected chi connectivity index (χ4v) is 4.80. The Kier molecular flexibility index (Phi) is 6.53. The topological polar surface area (TPSA) is 52.7 Å². The van der Waals surface area contributed by atoms with Crippen molar-refractivity contribution in [3.8, 4) is 0 Å². The van der Waals surface area contributed by atoms with Gasteiger partial charge in [-0.3, -0.25) is 9.59 Å². The van der Waals surface area contributed by atoms with Gasteiger partial charge in [0.25, 0.3) is 0 Å². The van der Waals surface area contributed by atoms with Gasteiger partial charge < -0.3 is 15.1 Å². The Morgan fingerprint density at radius 1 is 0.966 bits per heavy atom. The van der Waals surface area contributed by atoms with E-state index in [0.29, 0.717) is 31.2 Å². The van der Waals surface area contributed by atoms with Crippen molar-refractivity contribution in [1.29, 1.82) is 0 Å². The molecule has 2 amide bonds. The Labute approximate surface area is 174 Å². The molecule has 1 aliphatic carbocycles. The summed E-state index contributed by atoms with van der Waals surface area (Å²) in [4.78, 5) is 29.3. The van der Waals surface area contributed by atoms with Gasteiger partial charge in [-0.2, -0.15) is 0 Å². The van der Waals surface area contributed by atoms with Gasteiger partial charge in [-0.15, -0.1) is 0 Å². The van der Waals surface area contributed by atoms with Crippen LogP contribution in [-0.2, 0) is 22.6 Å². The molecule has 1 N–H and O–H groups in total. The number of nitrogens with one attached hydrogen (secondary N) is 1. The van der Waals surface area contributed by atoms with Crippen LogP contribution >= 0.6 is 0 Å². The van der Waals surface area contributed by atoms with E-state index in [9.17, 15) is 9.59 Å². The summed E-state index contributed by atoms with van der Waals surface area (Å²) < 4.78 is 0. The molecule has 2 heterocycles. The predicted octanol–water partition coefficient (Wildman–Crippen LogP) is 3.12. The van der Waals surface area contributed by atoms with E-state index in [0.717, 1.165) is 26.1 Å². The van der Waals surface area contributed by atoms with Crippen molar-refractivity contribution in [2.45, 2.75) is 64.3 Å². The minimum Gasteiger partial charge on any atom is -0.355 e. The summed E-state index contributed by atoms with van der Waals surface area (Å²) in [5, 5.41) is 3.15. The normalized spacial score (nSPS) is 20.8. The van der Waals surface area contributed by atoms with Crippen molar-refractivity contribution in [3.63, 3.8) is 0 Å². The van der Waals surface area contributed by atoms with Crippen LogP contribution in [0, 0.1) is 5.41 Å². The van der Waals surface area contributed by atoms with Crippen LogP contribution < -0.4 is 5.32 Å². The number of hydrogen-bond acceptors (Lipinski definition) is 3. The van der Waals surface area contributed by atoms with Crippen molar-refractivity contribution in [2.75, 3.05) is 32.7 Å². The molecule has 0 aromatic heterocycles. The maximum absolute atomic E-state index is 12.5. The molecule has 29 heavy (non-hydrogen) atoms. The van der Waals surface area contributed by atoms with Gasteiger partial charge in [-0.1, -0.05) is 30.7 Å². The lowest BCUT2D eigenvalue weighted by Gasteiger charge is -2.30. The molecule has 0 atom stereocenters. The first-order chi connectivity index (χ1) is 14.1. The molecular weight excluding hydrogens is 362 g/mol. The fourth-order valence-electron chi connectivity index (χ4n) is 4.80. The Morgan fingerprint density at radius 2 is 1.72 bits per heavy atom. The largest absolute Gasteiger partial charge is 0.355 e. The van der Waals surface area contributed by atoms with Crippen LogP contribution in [0.15, 0.2) is 24.3 Å². The first kappa shape index (κ1) is 20.4. The summed E-state index contributed by atoms with van der Waals surface area (Å²) in [6.45, 7) is 5.89. The molecule has 0 unspecified atom stereocenters. The van der Waals surface area contributed by atoms with Crippen molar-refractivity contribution < 1.29 is 9.59 Å². The molecule has 1 saturated heterocycles. The second kappa shape index (κ2) is 9.29. The van der Waals surface area contributed by atoms with Crippen molar-refractivity contribution in [2.24, 2.45) is 5.41 Å². The lowest BCUT2D eigenvalue weighted by Crippen LogP contribution is -2.40. The maximum atomic E-state index is 12.5. The summed E-state index contributed by atoms with van der Waals surface area (Å²) in [7, 11) is 0. The SMILES string of the molecule is O=C(CCCC(=O)N1CCc2ccccc2C1)NCC1(CN2CCCCC2)CC1. The van der Waals surface area contributed by atoms with Crippen LogP contribution in [0.25, 0.3) is 0 Å². The number of benzene rings is 1. The summed E-state index contributed by atoms with van der Waals surface area (Å²) in [6, 6.07) is 8.36. The fraction of sp³-hybridized carbons (Fsp3) is 0.667. The highest BCUT2D eigenvalue weighted by Gasteiger charge is 2.43. The number of carbonyl (C=O) groups excluding carboxylic acids is 2. The highest BCUT2D eigenvalue weighted by Crippen LogP contribution is 2.46. The molecule has 3 aliphatic rings. The van der Waals surface area contributed by atoms with E-state index >= 15 is 0 Å². The number of amides is 2. The van der Waals surface area contributed by atoms with Crippen molar-refractivity contribution in [1.82, 2.24) is 15.1 Å². The predicted molar refractivity (Wildman–Crippen MR) is 114 cm³/mol. The smallest absolute Gasteiger partial charge is 0.222 e. The van der Waals surface area contributed by atoms with Gasteiger partial charge in [0.15, 0.2) is 0 Å². The number of likely N-dealkylation sites (tertiary alicyclic amines) is 1. The van der Waals surface area contributed by atoms with E-state index in [2.05, 4.69) is 28.4 Å². The van der Waals surface area contributed by atoms with E-state index < -0.39 is 0 Å². The summed E-state index contributed by atoms with van der Waals surface area (Å²) in [6.07, 6.45) is 8.96. The first-order valence-electron chi connectivity index (χ1n) is 11.5. The molecule has 158 valence electrons. The number of carbonyl (C=O) groups is 2. The van der Waals surface area contributed by atoms with E-state index in [-0.39, 0.29) is 11.8 Å². The van der Waals surface area contributed by atoms with Gasteiger partial charge in [-0.05, 0) is 62.7 Å². The highest BCUT2D eigenvalue weighted by atomic mass is 16.2. The molecule has 4 rings (SSSR count). The molecule has 5 heteroatoms. The third-order valence-electron chi connectivity index (χ3n) is 6.90. The number of fused-ring (bicyclic) bond motifs is 1. The Bertz CT molecular complexity index is 723. The molecule has 1 saturated carbocycles. The molecule has 5 nitrogen and oxygen atoms in total. The first-order valence-corrected chi connectivity index (χ1v) is 11.5. The molecular formula is C24H35N3O2. The summed E-state index contributed by atoms with van der Waals surface area (Å²) in [5.74, 6) is 0.280. The van der Waals surface area contributed by atoms with E-state index in [1.165, 1.54) is 56.3 Å².